The number of benzene rings is 3. The largest absolute Gasteiger partial charge is 0.321 e. The van der Waals surface area contributed by atoms with Gasteiger partial charge in [0, 0.05) is 23.6 Å². The zero-order valence-electron chi connectivity index (χ0n) is 14.2. The van der Waals surface area contributed by atoms with Crippen molar-refractivity contribution in [3.05, 3.63) is 102 Å². The van der Waals surface area contributed by atoms with E-state index < -0.39 is 0 Å². The molecule has 3 aromatic carbocycles. The quantitative estimate of drug-likeness (QED) is 0.495. The van der Waals surface area contributed by atoms with Gasteiger partial charge in [0.15, 0.2) is 0 Å². The molecule has 0 unspecified atom stereocenters. The maximum Gasteiger partial charge on any atom is 0.142 e. The molecule has 1 aromatic heterocycles. The van der Waals surface area contributed by atoms with Crippen LogP contribution >= 0.6 is 0 Å². The number of amidine groups is 1. The van der Waals surface area contributed by atoms with E-state index in [1.54, 1.807) is 6.20 Å². The second-order valence-corrected chi connectivity index (χ2v) is 6.42. The van der Waals surface area contributed by atoms with Gasteiger partial charge in [-0.05, 0) is 46.7 Å². The van der Waals surface area contributed by atoms with Gasteiger partial charge in [-0.3, -0.25) is 4.98 Å². The van der Waals surface area contributed by atoms with E-state index in [2.05, 4.69) is 76.6 Å². The number of nitrogens with zero attached hydrogens (tertiary/aromatic N) is 3. The summed E-state index contributed by atoms with van der Waals surface area (Å²) in [6, 6.07) is 27.4. The second-order valence-electron chi connectivity index (χ2n) is 6.42. The molecule has 2 heterocycles. The summed E-state index contributed by atoms with van der Waals surface area (Å²) in [7, 11) is 0. The van der Waals surface area contributed by atoms with Crippen LogP contribution in [0.1, 0.15) is 11.1 Å². The van der Waals surface area contributed by atoms with Gasteiger partial charge >= 0.3 is 0 Å². The Morgan fingerprint density at radius 3 is 2.50 bits per heavy atom. The summed E-state index contributed by atoms with van der Waals surface area (Å²) in [4.78, 5) is 11.5. The molecule has 5 rings (SSSR count). The van der Waals surface area contributed by atoms with Crippen LogP contribution in [0, 0.1) is 0 Å². The Balaban J connectivity index is 1.68. The standard InChI is InChI=1S/C23H17N3/c1-2-7-18-14-21(12-11-17(18)6-1)26-16-20-8-3-4-10-22(20)25-23(26)19-9-5-13-24-15-19/h1-15H,16H2. The van der Waals surface area contributed by atoms with E-state index in [1.165, 1.54) is 16.3 Å². The van der Waals surface area contributed by atoms with Crippen LogP contribution in [0.3, 0.4) is 0 Å². The second kappa shape index (κ2) is 6.12. The van der Waals surface area contributed by atoms with Crippen molar-refractivity contribution in [2.75, 3.05) is 4.90 Å². The predicted octanol–water partition coefficient (Wildman–Crippen LogP) is 5.33. The van der Waals surface area contributed by atoms with Gasteiger partial charge in [0.25, 0.3) is 0 Å². The van der Waals surface area contributed by atoms with E-state index in [4.69, 9.17) is 4.99 Å². The number of pyridine rings is 1. The first-order valence-electron chi connectivity index (χ1n) is 8.72. The fraction of sp³-hybridized carbons (Fsp3) is 0.0435. The summed E-state index contributed by atoms with van der Waals surface area (Å²) in [6.45, 7) is 0.794. The molecule has 0 atom stereocenters. The van der Waals surface area contributed by atoms with Gasteiger partial charge in [-0.2, -0.15) is 0 Å². The lowest BCUT2D eigenvalue weighted by Crippen LogP contribution is -2.33. The van der Waals surface area contributed by atoms with E-state index in [0.29, 0.717) is 0 Å². The molecule has 3 heteroatoms. The van der Waals surface area contributed by atoms with Crippen LogP contribution in [0.25, 0.3) is 10.8 Å². The van der Waals surface area contributed by atoms with E-state index >= 15 is 0 Å². The van der Waals surface area contributed by atoms with Crippen LogP contribution in [0.15, 0.2) is 96.2 Å². The molecule has 0 aliphatic carbocycles. The van der Waals surface area contributed by atoms with Gasteiger partial charge in [-0.1, -0.05) is 48.5 Å². The van der Waals surface area contributed by atoms with Crippen molar-refractivity contribution in [2.45, 2.75) is 6.54 Å². The number of aliphatic imine (C=N–C) groups is 1. The maximum atomic E-state index is 4.96. The van der Waals surface area contributed by atoms with E-state index in [-0.39, 0.29) is 0 Å². The molecule has 4 aromatic rings. The highest BCUT2D eigenvalue weighted by Gasteiger charge is 2.22. The number of anilines is 1. The number of fused-ring (bicyclic) bond motifs is 2. The molecular weight excluding hydrogens is 318 g/mol. The van der Waals surface area contributed by atoms with Crippen LogP contribution < -0.4 is 4.90 Å². The first-order chi connectivity index (χ1) is 12.9. The third kappa shape index (κ3) is 2.54. The van der Waals surface area contributed by atoms with Crippen molar-refractivity contribution in [3.8, 4) is 0 Å². The molecule has 0 radical (unpaired) electrons. The summed E-state index contributed by atoms with van der Waals surface area (Å²) < 4.78 is 0. The fourth-order valence-corrected chi connectivity index (χ4v) is 3.45. The topological polar surface area (TPSA) is 28.5 Å². The minimum atomic E-state index is 0.794. The normalized spacial score (nSPS) is 13.4. The molecule has 0 fully saturated rings. The molecule has 0 saturated carbocycles. The number of para-hydroxylation sites is 1. The van der Waals surface area contributed by atoms with Crippen molar-refractivity contribution in [2.24, 2.45) is 4.99 Å². The number of hydrogen-bond donors (Lipinski definition) is 0. The van der Waals surface area contributed by atoms with Gasteiger partial charge in [0.1, 0.15) is 5.84 Å². The van der Waals surface area contributed by atoms with Crippen LogP contribution in [0.4, 0.5) is 11.4 Å². The van der Waals surface area contributed by atoms with Crippen molar-refractivity contribution in [1.82, 2.24) is 4.98 Å². The zero-order chi connectivity index (χ0) is 17.3. The van der Waals surface area contributed by atoms with Crippen molar-refractivity contribution in [1.29, 1.82) is 0 Å². The Kier molecular flexibility index (Phi) is 3.49. The predicted molar refractivity (Wildman–Crippen MR) is 107 cm³/mol. The van der Waals surface area contributed by atoms with E-state index in [1.807, 2.05) is 18.3 Å². The van der Waals surface area contributed by atoms with Gasteiger partial charge in [-0.25, -0.2) is 4.99 Å². The van der Waals surface area contributed by atoms with Crippen LogP contribution in [0.5, 0.6) is 0 Å². The molecule has 0 spiro atoms. The highest BCUT2D eigenvalue weighted by Crippen LogP contribution is 2.32. The lowest BCUT2D eigenvalue weighted by molar-refractivity contribution is 0.977. The average Bonchev–Trinajstić information content (AvgIpc) is 2.73. The molecule has 0 N–H and O–H groups in total. The molecular formula is C23H17N3. The third-order valence-electron chi connectivity index (χ3n) is 4.77. The summed E-state index contributed by atoms with van der Waals surface area (Å²) in [5.74, 6) is 0.937. The Labute approximate surface area is 152 Å². The highest BCUT2D eigenvalue weighted by atomic mass is 15.2. The van der Waals surface area contributed by atoms with Crippen LogP contribution in [0.2, 0.25) is 0 Å². The van der Waals surface area contributed by atoms with E-state index in [9.17, 15) is 0 Å². The Morgan fingerprint density at radius 2 is 1.62 bits per heavy atom. The van der Waals surface area contributed by atoms with Gasteiger partial charge in [0.2, 0.25) is 0 Å². The van der Waals surface area contributed by atoms with Crippen LogP contribution in [-0.4, -0.2) is 10.8 Å². The van der Waals surface area contributed by atoms with Gasteiger partial charge < -0.3 is 4.90 Å². The Bertz CT molecular complexity index is 1120. The summed E-state index contributed by atoms with van der Waals surface area (Å²) in [6.07, 6.45) is 3.67. The lowest BCUT2D eigenvalue weighted by Gasteiger charge is -2.31. The van der Waals surface area contributed by atoms with Gasteiger partial charge in [0.05, 0.1) is 12.2 Å². The van der Waals surface area contributed by atoms with E-state index in [0.717, 1.165) is 29.3 Å². The third-order valence-corrected chi connectivity index (χ3v) is 4.77. The minimum Gasteiger partial charge on any atom is -0.321 e. The molecule has 1 aliphatic rings. The lowest BCUT2D eigenvalue weighted by atomic mass is 10.1. The Hall–Kier alpha value is -3.46. The monoisotopic (exact) mass is 335 g/mol. The Morgan fingerprint density at radius 1 is 0.769 bits per heavy atom. The molecule has 0 amide bonds. The molecule has 26 heavy (non-hydrogen) atoms. The minimum absolute atomic E-state index is 0.794. The summed E-state index contributed by atoms with van der Waals surface area (Å²) in [5.41, 5.74) is 4.42. The zero-order valence-corrected chi connectivity index (χ0v) is 14.2. The fourth-order valence-electron chi connectivity index (χ4n) is 3.45. The molecule has 1 aliphatic heterocycles. The molecule has 0 saturated heterocycles. The summed E-state index contributed by atoms with van der Waals surface area (Å²) >= 11 is 0. The molecule has 0 bridgehead atoms. The first-order valence-corrected chi connectivity index (χ1v) is 8.72. The SMILES string of the molecule is c1cncc(C2=Nc3ccccc3CN2c2ccc3ccccc3c2)c1. The highest BCUT2D eigenvalue weighted by molar-refractivity contribution is 6.12. The molecule has 124 valence electrons. The number of hydrogen-bond acceptors (Lipinski definition) is 3. The van der Waals surface area contributed by atoms with Crippen molar-refractivity contribution in [3.63, 3.8) is 0 Å². The first kappa shape index (κ1) is 14.8. The van der Waals surface area contributed by atoms with Crippen molar-refractivity contribution < 1.29 is 0 Å². The number of aromatic nitrogens is 1. The summed E-state index contributed by atoms with van der Waals surface area (Å²) in [5, 5.41) is 2.47. The van der Waals surface area contributed by atoms with Crippen molar-refractivity contribution >= 4 is 28.0 Å². The smallest absolute Gasteiger partial charge is 0.142 e. The molecule has 3 nitrogen and oxygen atoms in total. The van der Waals surface area contributed by atoms with Crippen LogP contribution in [-0.2, 0) is 6.54 Å². The maximum absolute atomic E-state index is 4.96. The van der Waals surface area contributed by atoms with Gasteiger partial charge in [-0.15, -0.1) is 0 Å². The average molecular weight is 335 g/mol. The number of rotatable bonds is 2.